The predicted octanol–water partition coefficient (Wildman–Crippen LogP) is 5.92. The van der Waals surface area contributed by atoms with Gasteiger partial charge in [0.2, 0.25) is 0 Å². The van der Waals surface area contributed by atoms with Crippen LogP contribution in [-0.4, -0.2) is 18.8 Å². The predicted molar refractivity (Wildman–Crippen MR) is 165 cm³/mol. The Hall–Kier alpha value is -4.40. The molecule has 3 aliphatic heterocycles. The molecule has 9 rings (SSSR count). The zero-order chi connectivity index (χ0) is 26.3. The standard InChI is InChI=1S/C24H14NO2.2C6H5.Bi/c1-2-7-18(8-3-1)25-19-9-4-11-21(15-19)26-23-13-6-14-24(17-23)27-22-12-5-10-20(25)16-22;2*1-2-4-6-5-3-1;/h1-14H;2*1-5H;. The molecular formula is C36H24BiNO2. The van der Waals surface area contributed by atoms with E-state index in [1.807, 2.05) is 0 Å². The van der Waals surface area contributed by atoms with Crippen LogP contribution in [0.2, 0.25) is 0 Å². The first kappa shape index (κ1) is 22.4. The fraction of sp³-hybridized carbons (Fsp3) is 0. The normalized spacial score (nSPS) is 16.9. The Balaban J connectivity index is 1.64. The first-order valence-corrected chi connectivity index (χ1v) is 22.3. The van der Waals surface area contributed by atoms with E-state index < -0.39 is 18.8 Å². The monoisotopic (exact) mass is 711 g/mol. The number of hydrogen-bond donors (Lipinski definition) is 0. The van der Waals surface area contributed by atoms with E-state index in [0.717, 1.165) is 28.7 Å². The Bertz CT molecular complexity index is 1850. The molecule has 0 aliphatic carbocycles. The molecule has 0 amide bonds. The maximum atomic E-state index is 6.87. The molecule has 0 spiro atoms. The number of anilines is 3. The molecule has 6 aromatic rings. The number of rotatable bonds is 3. The summed E-state index contributed by atoms with van der Waals surface area (Å²) < 4.78 is 20.4. The van der Waals surface area contributed by atoms with Crippen LogP contribution in [0.3, 0.4) is 0 Å². The number of nitrogens with zero attached hydrogens (tertiary/aromatic N) is 1. The van der Waals surface area contributed by atoms with E-state index in [-0.39, 0.29) is 0 Å². The molecule has 0 radical (unpaired) electrons. The average molecular weight is 712 g/mol. The Kier molecular flexibility index (Phi) is 4.39. The molecule has 0 saturated heterocycles. The summed E-state index contributed by atoms with van der Waals surface area (Å²) in [4.78, 5) is 2.41. The van der Waals surface area contributed by atoms with Crippen LogP contribution in [0.4, 0.5) is 17.1 Å². The van der Waals surface area contributed by atoms with Gasteiger partial charge in [-0.05, 0) is 0 Å². The molecule has 3 aliphatic rings. The van der Waals surface area contributed by atoms with E-state index in [0.29, 0.717) is 0 Å². The molecule has 0 unspecified atom stereocenters. The van der Waals surface area contributed by atoms with Crippen molar-refractivity contribution in [3.05, 3.63) is 146 Å². The van der Waals surface area contributed by atoms with E-state index in [9.17, 15) is 0 Å². The summed E-state index contributed by atoms with van der Waals surface area (Å²) in [5, 5.41) is 0. The SMILES string of the molecule is c1ccc(N2c3cccc4[c]3[Bi]3([c]5ccccc5)([c]5ccccc5)[c]5c(cccc5Oc5cccc2[c]53)O4)cc1. The summed E-state index contributed by atoms with van der Waals surface area (Å²) in [6.07, 6.45) is 0. The van der Waals surface area contributed by atoms with Crippen molar-refractivity contribution in [3.8, 4) is 23.0 Å². The Morgan fingerprint density at radius 3 is 1.25 bits per heavy atom. The molecule has 3 nitrogen and oxygen atoms in total. The second-order valence-electron chi connectivity index (χ2n) is 10.5. The molecule has 0 atom stereocenters. The third-order valence-corrected chi connectivity index (χ3v) is 34.7. The zero-order valence-electron chi connectivity index (χ0n) is 21.6. The Morgan fingerprint density at radius 1 is 0.375 bits per heavy atom. The molecule has 190 valence electrons. The van der Waals surface area contributed by atoms with Crippen molar-refractivity contribution < 1.29 is 9.47 Å². The van der Waals surface area contributed by atoms with Gasteiger partial charge in [-0.15, -0.1) is 0 Å². The van der Waals surface area contributed by atoms with Crippen molar-refractivity contribution in [2.45, 2.75) is 0 Å². The molecule has 0 fully saturated rings. The summed E-state index contributed by atoms with van der Waals surface area (Å²) in [7, 11) is 0. The summed E-state index contributed by atoms with van der Waals surface area (Å²) in [6, 6.07) is 52.6. The molecule has 0 bridgehead atoms. The summed E-state index contributed by atoms with van der Waals surface area (Å²) in [5.41, 5.74) is 3.47. The van der Waals surface area contributed by atoms with Gasteiger partial charge < -0.3 is 0 Å². The topological polar surface area (TPSA) is 21.7 Å². The molecule has 0 saturated carbocycles. The molecule has 3 heterocycles. The Morgan fingerprint density at radius 2 is 0.775 bits per heavy atom. The maximum absolute atomic E-state index is 6.87. The third-order valence-electron chi connectivity index (χ3n) is 8.74. The van der Waals surface area contributed by atoms with Crippen LogP contribution in [0.15, 0.2) is 146 Å². The first-order chi connectivity index (χ1) is 19.8. The van der Waals surface area contributed by atoms with E-state index in [1.54, 1.807) is 0 Å². The fourth-order valence-corrected chi connectivity index (χ4v) is 36.9. The van der Waals surface area contributed by atoms with E-state index >= 15 is 0 Å². The van der Waals surface area contributed by atoms with Crippen molar-refractivity contribution in [1.29, 1.82) is 0 Å². The van der Waals surface area contributed by atoms with Crippen LogP contribution >= 0.6 is 0 Å². The molecule has 0 aromatic heterocycles. The van der Waals surface area contributed by atoms with Gasteiger partial charge >= 0.3 is 235 Å². The van der Waals surface area contributed by atoms with E-state index in [2.05, 4.69) is 150 Å². The fourth-order valence-electron chi connectivity index (χ4n) is 7.49. The summed E-state index contributed by atoms with van der Waals surface area (Å²) in [6.45, 7) is 0. The quantitative estimate of drug-likeness (QED) is 0.213. The minimum absolute atomic E-state index is 0.899. The van der Waals surface area contributed by atoms with Crippen LogP contribution in [0.25, 0.3) is 0 Å². The van der Waals surface area contributed by atoms with Gasteiger partial charge in [0, 0.05) is 0 Å². The molecule has 0 N–H and O–H groups in total. The van der Waals surface area contributed by atoms with Gasteiger partial charge in [-0.3, -0.25) is 0 Å². The van der Waals surface area contributed by atoms with Crippen LogP contribution in [0, 0.1) is 0 Å². The van der Waals surface area contributed by atoms with Gasteiger partial charge in [0.05, 0.1) is 0 Å². The van der Waals surface area contributed by atoms with Crippen molar-refractivity contribution in [2.75, 3.05) is 4.90 Å². The summed E-state index contributed by atoms with van der Waals surface area (Å²) >= 11 is -5.18. The van der Waals surface area contributed by atoms with Gasteiger partial charge in [0.1, 0.15) is 0 Å². The Labute approximate surface area is 234 Å². The van der Waals surface area contributed by atoms with Gasteiger partial charge in [-0.2, -0.15) is 0 Å². The van der Waals surface area contributed by atoms with Crippen molar-refractivity contribution in [1.82, 2.24) is 0 Å². The van der Waals surface area contributed by atoms with E-state index in [1.165, 1.54) is 27.7 Å². The second kappa shape index (κ2) is 7.84. The third kappa shape index (κ3) is 2.42. The number of para-hydroxylation sites is 1. The van der Waals surface area contributed by atoms with Crippen molar-refractivity contribution in [3.63, 3.8) is 0 Å². The minimum atomic E-state index is -5.18. The van der Waals surface area contributed by atoms with Gasteiger partial charge in [-0.25, -0.2) is 0 Å². The number of hydrogen-bond acceptors (Lipinski definition) is 3. The van der Waals surface area contributed by atoms with Gasteiger partial charge in [-0.1, -0.05) is 0 Å². The average Bonchev–Trinajstić information content (AvgIpc) is 3.02. The van der Waals surface area contributed by atoms with Crippen LogP contribution in [-0.2, 0) is 0 Å². The number of ether oxygens (including phenoxy) is 2. The van der Waals surface area contributed by atoms with Gasteiger partial charge in [0.25, 0.3) is 0 Å². The van der Waals surface area contributed by atoms with Crippen LogP contribution in [0.5, 0.6) is 23.0 Å². The molecule has 40 heavy (non-hydrogen) atoms. The number of benzene rings is 6. The van der Waals surface area contributed by atoms with Crippen molar-refractivity contribution in [2.24, 2.45) is 0 Å². The van der Waals surface area contributed by atoms with Crippen LogP contribution < -0.4 is 30.7 Å². The molecule has 6 aromatic carbocycles. The van der Waals surface area contributed by atoms with E-state index in [4.69, 9.17) is 9.47 Å². The summed E-state index contributed by atoms with van der Waals surface area (Å²) in [5.74, 6) is 3.67. The zero-order valence-corrected chi connectivity index (χ0v) is 25.0. The van der Waals surface area contributed by atoms with Crippen molar-refractivity contribution >= 4 is 52.2 Å². The first-order valence-electron chi connectivity index (χ1n) is 13.6. The van der Waals surface area contributed by atoms with Crippen LogP contribution in [0.1, 0.15) is 0 Å². The molecule has 4 heteroatoms. The second-order valence-corrected chi connectivity index (χ2v) is 28.4. The van der Waals surface area contributed by atoms with Gasteiger partial charge in [0.15, 0.2) is 0 Å². The molecular weight excluding hydrogens is 687 g/mol.